The molecule has 120 valence electrons. The Morgan fingerprint density at radius 3 is 2.74 bits per heavy atom. The Labute approximate surface area is 153 Å². The summed E-state index contributed by atoms with van der Waals surface area (Å²) in [7, 11) is -3.22. The van der Waals surface area contributed by atoms with Gasteiger partial charge < -0.3 is 14.8 Å². The first-order chi connectivity index (χ1) is 10.3. The molecule has 0 bridgehead atoms. The minimum Gasteiger partial charge on any atom is -0.731 e. The molecule has 2 saturated heterocycles. The second-order valence-corrected chi connectivity index (χ2v) is 6.21. The molecular weight excluding hydrogens is 341 g/mol. The van der Waals surface area contributed by atoms with E-state index in [9.17, 15) is 22.6 Å². The summed E-state index contributed by atoms with van der Waals surface area (Å²) in [4.78, 5) is 25.1. The van der Waals surface area contributed by atoms with Crippen molar-refractivity contribution < 1.29 is 52.1 Å². The maximum Gasteiger partial charge on any atom is 1.00 e. The first kappa shape index (κ1) is 18.1. The van der Waals surface area contributed by atoms with E-state index < -0.39 is 34.3 Å². The second-order valence-electron chi connectivity index (χ2n) is 4.96. The number of fused-ring (bicyclic) bond motifs is 1. The van der Waals surface area contributed by atoms with Crippen LogP contribution in [0.1, 0.15) is 12.2 Å². The fourth-order valence-electron chi connectivity index (χ4n) is 2.69. The summed E-state index contributed by atoms with van der Waals surface area (Å²) in [6, 6.07) is -2.20. The Hall–Kier alpha value is -1.28. The number of carbonyl (C=O) groups is 2. The predicted octanol–water partition coefficient (Wildman–Crippen LogP) is -5.83. The van der Waals surface area contributed by atoms with Gasteiger partial charge >= 0.3 is 35.6 Å². The van der Waals surface area contributed by atoms with Crippen molar-refractivity contribution in [2.45, 2.75) is 25.0 Å². The van der Waals surface area contributed by atoms with E-state index in [0.29, 0.717) is 10.1 Å². The number of rotatable bonds is 3. The van der Waals surface area contributed by atoms with Gasteiger partial charge in [-0.05, 0) is 16.8 Å². The Kier molecular flexibility index (Phi) is 4.96. The number of hydrogen-bond donors (Lipinski definition) is 1. The topological polar surface area (TPSA) is 153 Å². The van der Waals surface area contributed by atoms with Gasteiger partial charge in [0.1, 0.15) is 6.04 Å². The van der Waals surface area contributed by atoms with Crippen LogP contribution in [0.3, 0.4) is 0 Å². The van der Waals surface area contributed by atoms with Crippen LogP contribution in [-0.2, 0) is 28.7 Å². The Morgan fingerprint density at radius 1 is 1.48 bits per heavy atom. The summed E-state index contributed by atoms with van der Waals surface area (Å²) < 4.78 is 34.6. The smallest absolute Gasteiger partial charge is 0.731 e. The number of β-lactam (4-membered cyclic amide) rings is 1. The van der Waals surface area contributed by atoms with Crippen LogP contribution in [0, 0.1) is 0 Å². The van der Waals surface area contributed by atoms with Crippen molar-refractivity contribution in [1.29, 1.82) is 0 Å². The molecule has 0 radical (unpaired) electrons. The van der Waals surface area contributed by atoms with E-state index in [2.05, 4.69) is 20.8 Å². The number of nitrogens with one attached hydrogen (secondary N) is 1. The van der Waals surface area contributed by atoms with Crippen LogP contribution in [-0.4, -0.2) is 72.9 Å². The van der Waals surface area contributed by atoms with Crippen LogP contribution in [0.4, 0.5) is 4.79 Å². The Bertz CT molecular complexity index is 736. The minimum atomic E-state index is -4.83. The molecule has 1 aromatic rings. The van der Waals surface area contributed by atoms with Gasteiger partial charge in [-0.15, -0.1) is 5.10 Å². The largest absolute Gasteiger partial charge is 1.00 e. The number of aryl methyl sites for hydroxylation is 1. The summed E-state index contributed by atoms with van der Waals surface area (Å²) >= 11 is 0. The third kappa shape index (κ3) is 3.06. The van der Waals surface area contributed by atoms with Gasteiger partial charge in [0.15, 0.2) is 16.1 Å². The van der Waals surface area contributed by atoms with Gasteiger partial charge in [0.2, 0.25) is 0 Å². The maximum atomic E-state index is 12.1. The second kappa shape index (κ2) is 6.32. The van der Waals surface area contributed by atoms with Crippen molar-refractivity contribution in [3.63, 3.8) is 0 Å². The summed E-state index contributed by atoms with van der Waals surface area (Å²) in [5.74, 6) is -0.444. The number of hydrogen-bond acceptors (Lipinski definition) is 8. The van der Waals surface area contributed by atoms with Gasteiger partial charge in [0.05, 0.1) is 12.6 Å². The van der Waals surface area contributed by atoms with Crippen LogP contribution in [0.25, 0.3) is 0 Å². The van der Waals surface area contributed by atoms with E-state index in [4.69, 9.17) is 0 Å². The zero-order valence-corrected chi connectivity index (χ0v) is 15.2. The third-order valence-corrected chi connectivity index (χ3v) is 4.68. The van der Waals surface area contributed by atoms with E-state index in [1.54, 1.807) is 7.05 Å². The van der Waals surface area contributed by atoms with E-state index >= 15 is 0 Å². The standard InChI is InChI=1S/C9H13N7O5S.Na/c1-14-6(11-12-13-14)4-10-9(18)15-3-2-5-7(15)8(17)16(5)22(19,20)21;/h5,7H,2-4H2,1H3,(H,10,18)(H,19,20,21);/q;+1/p-1/t5-,7+;/m1./s1. The molecule has 3 amide bonds. The Morgan fingerprint density at radius 2 is 2.17 bits per heavy atom. The van der Waals surface area contributed by atoms with E-state index in [0.717, 1.165) is 0 Å². The molecule has 0 aliphatic carbocycles. The molecule has 0 saturated carbocycles. The summed E-state index contributed by atoms with van der Waals surface area (Å²) in [6.45, 7) is 0.254. The number of aromatic nitrogens is 4. The molecule has 1 aromatic heterocycles. The maximum absolute atomic E-state index is 12.1. The molecule has 3 heterocycles. The van der Waals surface area contributed by atoms with Gasteiger partial charge in [-0.3, -0.25) is 4.79 Å². The third-order valence-electron chi connectivity index (χ3n) is 3.74. The number of urea groups is 1. The molecule has 3 rings (SSSR count). The molecule has 12 nitrogen and oxygen atoms in total. The molecule has 1 N–H and O–H groups in total. The molecule has 23 heavy (non-hydrogen) atoms. The Balaban J connectivity index is 0.00000192. The monoisotopic (exact) mass is 353 g/mol. The molecule has 2 fully saturated rings. The number of tetrazole rings is 1. The van der Waals surface area contributed by atoms with Gasteiger partial charge in [0.25, 0.3) is 5.91 Å². The van der Waals surface area contributed by atoms with Crippen molar-refractivity contribution in [3.05, 3.63) is 5.82 Å². The normalized spacial score (nSPS) is 23.1. The molecule has 14 heteroatoms. The average molecular weight is 353 g/mol. The minimum absolute atomic E-state index is 0. The van der Waals surface area contributed by atoms with Gasteiger partial charge in [-0.1, -0.05) is 0 Å². The zero-order chi connectivity index (χ0) is 16.1. The van der Waals surface area contributed by atoms with E-state index in [-0.39, 0.29) is 49.1 Å². The van der Waals surface area contributed by atoms with Crippen molar-refractivity contribution in [1.82, 2.24) is 34.7 Å². The average Bonchev–Trinajstić information content (AvgIpc) is 2.98. The van der Waals surface area contributed by atoms with Crippen LogP contribution >= 0.6 is 0 Å². The molecule has 2 aliphatic rings. The number of amides is 3. The first-order valence-electron chi connectivity index (χ1n) is 6.35. The van der Waals surface area contributed by atoms with Gasteiger partial charge in [-0.25, -0.2) is 22.2 Å². The van der Waals surface area contributed by atoms with Crippen molar-refractivity contribution in [2.75, 3.05) is 6.54 Å². The molecule has 0 unspecified atom stereocenters. The van der Waals surface area contributed by atoms with E-state index in [1.165, 1.54) is 9.58 Å². The molecule has 2 aliphatic heterocycles. The fraction of sp³-hybridized carbons (Fsp3) is 0.667. The quantitative estimate of drug-likeness (QED) is 0.320. The van der Waals surface area contributed by atoms with Crippen LogP contribution in [0.2, 0.25) is 0 Å². The molecule has 0 aromatic carbocycles. The van der Waals surface area contributed by atoms with Gasteiger partial charge in [0, 0.05) is 13.6 Å². The predicted molar refractivity (Wildman–Crippen MR) is 66.5 cm³/mol. The van der Waals surface area contributed by atoms with E-state index in [1.807, 2.05) is 0 Å². The summed E-state index contributed by atoms with van der Waals surface area (Å²) in [5.41, 5.74) is 0. The SMILES string of the molecule is Cn1nnnc1CNC(=O)N1CC[C@@H]2[C@H]1C(=O)N2S(=O)(=O)[O-].[Na+]. The number of carbonyl (C=O) groups excluding carboxylic acids is 2. The van der Waals surface area contributed by atoms with Crippen LogP contribution < -0.4 is 34.9 Å². The summed E-state index contributed by atoms with van der Waals surface area (Å²) in [6.07, 6.45) is 0.247. The van der Waals surface area contributed by atoms with Crippen molar-refractivity contribution >= 4 is 22.2 Å². The first-order valence-corrected chi connectivity index (χ1v) is 7.72. The molecule has 2 atom stereocenters. The number of nitrogens with zero attached hydrogens (tertiary/aromatic N) is 6. The van der Waals surface area contributed by atoms with Crippen LogP contribution in [0.15, 0.2) is 0 Å². The van der Waals surface area contributed by atoms with Gasteiger partial charge in [-0.2, -0.15) is 0 Å². The van der Waals surface area contributed by atoms with Crippen molar-refractivity contribution in [3.8, 4) is 0 Å². The van der Waals surface area contributed by atoms with Crippen molar-refractivity contribution in [2.24, 2.45) is 7.05 Å². The zero-order valence-electron chi connectivity index (χ0n) is 12.4. The van der Waals surface area contributed by atoms with Crippen LogP contribution in [0.5, 0.6) is 0 Å². The fourth-order valence-corrected chi connectivity index (χ4v) is 3.57. The molecule has 0 spiro atoms. The summed E-state index contributed by atoms with van der Waals surface area (Å²) in [5, 5.41) is 13.3. The molecular formula is C9H12N7NaO5S. The number of likely N-dealkylation sites (tertiary alicyclic amines) is 1.